The molecule has 1 heterocycles. The molecule has 16 heavy (non-hydrogen) atoms. The van der Waals surface area contributed by atoms with Gasteiger partial charge in [-0.05, 0) is 19.1 Å². The number of carbonyl (C=O) groups excluding carboxylic acids is 1. The number of aryl methyl sites for hydroxylation is 1. The van der Waals surface area contributed by atoms with E-state index < -0.39 is 0 Å². The van der Waals surface area contributed by atoms with E-state index in [1.54, 1.807) is 24.3 Å². The van der Waals surface area contributed by atoms with Crippen LogP contribution in [-0.2, 0) is 0 Å². The third-order valence-electron chi connectivity index (χ3n) is 1.68. The van der Waals surface area contributed by atoms with Gasteiger partial charge in [0.1, 0.15) is 6.29 Å². The topological polar surface area (TPSA) is 82.0 Å². The van der Waals surface area contributed by atoms with Crippen molar-refractivity contribution in [2.45, 2.75) is 6.92 Å². The minimum Gasteiger partial charge on any atom is -0.399 e. The Balaban J connectivity index is 0.000000165. The van der Waals surface area contributed by atoms with Crippen molar-refractivity contribution in [3.8, 4) is 0 Å². The SMILES string of the molecule is Cc1csc(N)n1.Nc1cccc(C=O)c1. The zero-order valence-corrected chi connectivity index (χ0v) is 9.70. The Bertz CT molecular complexity index is 451. The molecule has 0 atom stereocenters. The smallest absolute Gasteiger partial charge is 0.180 e. The lowest BCUT2D eigenvalue weighted by Crippen LogP contribution is -1.85. The van der Waals surface area contributed by atoms with Crippen molar-refractivity contribution in [2.24, 2.45) is 0 Å². The minimum absolute atomic E-state index is 0.620. The van der Waals surface area contributed by atoms with Crippen LogP contribution in [0.15, 0.2) is 29.6 Å². The zero-order valence-electron chi connectivity index (χ0n) is 8.88. The first-order chi connectivity index (χ1) is 7.61. The summed E-state index contributed by atoms with van der Waals surface area (Å²) in [6.45, 7) is 1.92. The Kier molecular flexibility index (Phi) is 4.47. The number of hydrogen-bond donors (Lipinski definition) is 2. The van der Waals surface area contributed by atoms with E-state index in [1.807, 2.05) is 12.3 Å². The van der Waals surface area contributed by atoms with Crippen molar-refractivity contribution in [3.05, 3.63) is 40.9 Å². The van der Waals surface area contributed by atoms with E-state index in [4.69, 9.17) is 11.5 Å². The minimum atomic E-state index is 0.620. The van der Waals surface area contributed by atoms with Gasteiger partial charge in [0.25, 0.3) is 0 Å². The molecule has 0 unspecified atom stereocenters. The molecule has 0 bridgehead atoms. The average molecular weight is 235 g/mol. The van der Waals surface area contributed by atoms with Crippen molar-refractivity contribution in [1.82, 2.24) is 4.98 Å². The Hall–Kier alpha value is -1.88. The molecule has 0 radical (unpaired) electrons. The van der Waals surface area contributed by atoms with Gasteiger partial charge >= 0.3 is 0 Å². The highest BCUT2D eigenvalue weighted by molar-refractivity contribution is 7.13. The number of rotatable bonds is 1. The number of anilines is 2. The molecule has 4 N–H and O–H groups in total. The number of nitrogens with zero attached hydrogens (tertiary/aromatic N) is 1. The van der Waals surface area contributed by atoms with Crippen LogP contribution in [-0.4, -0.2) is 11.3 Å². The molecule has 2 rings (SSSR count). The summed E-state index contributed by atoms with van der Waals surface area (Å²) in [6, 6.07) is 6.84. The fourth-order valence-electron chi connectivity index (χ4n) is 1.00. The lowest BCUT2D eigenvalue weighted by Gasteiger charge is -1.90. The molecule has 0 aliphatic heterocycles. The molecule has 2 aromatic rings. The van der Waals surface area contributed by atoms with Gasteiger partial charge in [0.15, 0.2) is 5.13 Å². The molecule has 5 heteroatoms. The predicted molar refractivity (Wildman–Crippen MR) is 67.5 cm³/mol. The Morgan fingerprint density at radius 3 is 2.44 bits per heavy atom. The van der Waals surface area contributed by atoms with Crippen LogP contribution < -0.4 is 11.5 Å². The van der Waals surface area contributed by atoms with Crippen LogP contribution in [0.3, 0.4) is 0 Å². The second kappa shape index (κ2) is 5.87. The van der Waals surface area contributed by atoms with E-state index >= 15 is 0 Å². The maximum Gasteiger partial charge on any atom is 0.180 e. The standard InChI is InChI=1S/C7H7NO.C4H6N2S/c8-7-3-1-2-6(4-7)5-9;1-3-2-7-4(5)6-3/h1-5H,8H2;2H,1H3,(H2,5,6). The maximum atomic E-state index is 10.1. The fourth-order valence-corrected chi connectivity index (χ4v) is 1.55. The number of thiazole rings is 1. The summed E-state index contributed by atoms with van der Waals surface area (Å²) >= 11 is 1.47. The zero-order chi connectivity index (χ0) is 12.0. The van der Waals surface area contributed by atoms with Gasteiger partial charge < -0.3 is 11.5 Å². The second-order valence-corrected chi connectivity index (χ2v) is 4.00. The summed E-state index contributed by atoms with van der Waals surface area (Å²) in [7, 11) is 0. The number of nitrogens with two attached hydrogens (primary N) is 2. The fraction of sp³-hybridized carbons (Fsp3) is 0.0909. The van der Waals surface area contributed by atoms with Gasteiger partial charge in [-0.2, -0.15) is 0 Å². The molecule has 84 valence electrons. The van der Waals surface area contributed by atoms with Crippen LogP contribution in [0.1, 0.15) is 16.1 Å². The summed E-state index contributed by atoms with van der Waals surface area (Å²) < 4.78 is 0. The van der Waals surface area contributed by atoms with Crippen LogP contribution in [0.25, 0.3) is 0 Å². The predicted octanol–water partition coefficient (Wildman–Crippen LogP) is 2.12. The molecule has 4 nitrogen and oxygen atoms in total. The Morgan fingerprint density at radius 1 is 1.38 bits per heavy atom. The van der Waals surface area contributed by atoms with Crippen LogP contribution in [0.2, 0.25) is 0 Å². The van der Waals surface area contributed by atoms with Gasteiger partial charge in [0.05, 0.1) is 5.69 Å². The van der Waals surface area contributed by atoms with Crippen molar-refractivity contribution in [3.63, 3.8) is 0 Å². The van der Waals surface area contributed by atoms with Gasteiger partial charge in [-0.15, -0.1) is 11.3 Å². The Morgan fingerprint density at radius 2 is 2.12 bits per heavy atom. The number of hydrogen-bond acceptors (Lipinski definition) is 5. The average Bonchev–Trinajstić information content (AvgIpc) is 2.63. The maximum absolute atomic E-state index is 10.1. The van der Waals surface area contributed by atoms with Crippen molar-refractivity contribution in [2.75, 3.05) is 11.5 Å². The van der Waals surface area contributed by atoms with E-state index in [0.29, 0.717) is 16.4 Å². The largest absolute Gasteiger partial charge is 0.399 e. The van der Waals surface area contributed by atoms with Gasteiger partial charge in [-0.25, -0.2) is 4.98 Å². The summed E-state index contributed by atoms with van der Waals surface area (Å²) in [4.78, 5) is 14.0. The van der Waals surface area contributed by atoms with Crippen LogP contribution in [0.5, 0.6) is 0 Å². The van der Waals surface area contributed by atoms with Crippen molar-refractivity contribution >= 4 is 28.4 Å². The molecule has 0 saturated carbocycles. The first kappa shape index (κ1) is 12.2. The first-order valence-corrected chi connectivity index (χ1v) is 5.48. The Labute approximate surface area is 97.9 Å². The van der Waals surface area contributed by atoms with E-state index in [0.717, 1.165) is 12.0 Å². The lowest BCUT2D eigenvalue weighted by atomic mass is 10.2. The molecule has 1 aromatic carbocycles. The molecule has 0 aliphatic carbocycles. The summed E-state index contributed by atoms with van der Waals surface area (Å²) in [5.41, 5.74) is 12.9. The van der Waals surface area contributed by atoms with Gasteiger partial charge in [0.2, 0.25) is 0 Å². The van der Waals surface area contributed by atoms with Gasteiger partial charge in [0, 0.05) is 16.6 Å². The van der Waals surface area contributed by atoms with Crippen LogP contribution >= 0.6 is 11.3 Å². The third kappa shape index (κ3) is 4.10. The lowest BCUT2D eigenvalue weighted by molar-refractivity contribution is 0.112. The number of aldehydes is 1. The third-order valence-corrected chi connectivity index (χ3v) is 2.48. The van der Waals surface area contributed by atoms with E-state index in [2.05, 4.69) is 4.98 Å². The van der Waals surface area contributed by atoms with E-state index in [9.17, 15) is 4.79 Å². The molecule has 0 amide bonds. The van der Waals surface area contributed by atoms with Crippen molar-refractivity contribution < 1.29 is 4.79 Å². The molecule has 0 saturated heterocycles. The summed E-state index contributed by atoms with van der Waals surface area (Å²) in [6.07, 6.45) is 0.774. The van der Waals surface area contributed by atoms with Crippen LogP contribution in [0.4, 0.5) is 10.8 Å². The molecule has 1 aromatic heterocycles. The highest BCUT2D eigenvalue weighted by Crippen LogP contribution is 2.08. The van der Waals surface area contributed by atoms with Crippen LogP contribution in [0, 0.1) is 6.92 Å². The highest BCUT2D eigenvalue weighted by atomic mass is 32.1. The van der Waals surface area contributed by atoms with E-state index in [1.165, 1.54) is 11.3 Å². The number of carbonyl (C=O) groups is 1. The van der Waals surface area contributed by atoms with Gasteiger partial charge in [-0.3, -0.25) is 4.79 Å². The highest BCUT2D eigenvalue weighted by Gasteiger charge is 1.87. The molecular formula is C11H13N3OS. The quantitative estimate of drug-likeness (QED) is 0.586. The molecular weight excluding hydrogens is 222 g/mol. The summed E-state index contributed by atoms with van der Waals surface area (Å²) in [5.74, 6) is 0. The number of aromatic nitrogens is 1. The molecule has 0 aliphatic rings. The normalized spacial score (nSPS) is 9.06. The summed E-state index contributed by atoms with van der Waals surface area (Å²) in [5, 5.41) is 2.58. The van der Waals surface area contributed by atoms with E-state index in [-0.39, 0.29) is 0 Å². The number of benzene rings is 1. The molecule has 0 spiro atoms. The monoisotopic (exact) mass is 235 g/mol. The van der Waals surface area contributed by atoms with Gasteiger partial charge in [-0.1, -0.05) is 12.1 Å². The first-order valence-electron chi connectivity index (χ1n) is 4.60. The van der Waals surface area contributed by atoms with Crippen molar-refractivity contribution in [1.29, 1.82) is 0 Å². The second-order valence-electron chi connectivity index (χ2n) is 3.12. The number of nitrogen functional groups attached to an aromatic ring is 2. The molecule has 0 fully saturated rings.